The number of hydrogen-bond acceptors (Lipinski definition) is 0. The summed E-state index contributed by atoms with van der Waals surface area (Å²) in [5, 5.41) is 0. The molecular formula is C13H16. The Morgan fingerprint density at radius 3 is 3.08 bits per heavy atom. The summed E-state index contributed by atoms with van der Waals surface area (Å²) in [4.78, 5) is 0. The van der Waals surface area contributed by atoms with Crippen LogP contribution in [0.25, 0.3) is 0 Å². The first kappa shape index (κ1) is 8.55. The van der Waals surface area contributed by atoms with Crippen LogP contribution < -0.4 is 0 Å². The maximum absolute atomic E-state index is 3.78. The van der Waals surface area contributed by atoms with Crippen molar-refractivity contribution < 1.29 is 0 Å². The van der Waals surface area contributed by atoms with Crippen molar-refractivity contribution in [1.29, 1.82) is 0 Å². The molecule has 2 rings (SSSR count). The van der Waals surface area contributed by atoms with Gasteiger partial charge >= 0.3 is 0 Å². The minimum Gasteiger partial charge on any atom is -0.103 e. The lowest BCUT2D eigenvalue weighted by Gasteiger charge is -2.08. The van der Waals surface area contributed by atoms with Crippen LogP contribution in [0.4, 0.5) is 0 Å². The summed E-state index contributed by atoms with van der Waals surface area (Å²) in [6.07, 6.45) is 7.08. The summed E-state index contributed by atoms with van der Waals surface area (Å²) in [7, 11) is 0. The van der Waals surface area contributed by atoms with Crippen LogP contribution in [0.5, 0.6) is 0 Å². The van der Waals surface area contributed by atoms with E-state index >= 15 is 0 Å². The Hall–Kier alpha value is -1.04. The van der Waals surface area contributed by atoms with E-state index < -0.39 is 0 Å². The molecule has 1 aliphatic carbocycles. The van der Waals surface area contributed by atoms with Gasteiger partial charge in [-0.05, 0) is 42.7 Å². The lowest BCUT2D eigenvalue weighted by atomic mass is 9.96. The molecule has 0 heteroatoms. The highest BCUT2D eigenvalue weighted by Gasteiger charge is 2.20. The summed E-state index contributed by atoms with van der Waals surface area (Å²) in [5.74, 6) is 0.800. The topological polar surface area (TPSA) is 0 Å². The lowest BCUT2D eigenvalue weighted by molar-refractivity contribution is 0.626. The maximum atomic E-state index is 3.78. The largest absolute Gasteiger partial charge is 0.103 e. The molecule has 1 aliphatic rings. The van der Waals surface area contributed by atoms with Crippen LogP contribution in [0.1, 0.15) is 36.3 Å². The molecule has 0 N–H and O–H groups in total. The second-order valence-corrected chi connectivity index (χ2v) is 3.80. The molecular weight excluding hydrogens is 156 g/mol. The van der Waals surface area contributed by atoms with Gasteiger partial charge in [-0.2, -0.15) is 0 Å². The third-order valence-corrected chi connectivity index (χ3v) is 2.98. The van der Waals surface area contributed by atoms with E-state index in [1.54, 1.807) is 11.1 Å². The highest BCUT2D eigenvalue weighted by atomic mass is 14.2. The smallest absolute Gasteiger partial charge is 0.0153 e. The number of hydrogen-bond donors (Lipinski definition) is 0. The van der Waals surface area contributed by atoms with Crippen LogP contribution >= 0.6 is 0 Å². The zero-order valence-corrected chi connectivity index (χ0v) is 8.00. The monoisotopic (exact) mass is 172 g/mol. The van der Waals surface area contributed by atoms with Crippen LogP contribution in [-0.2, 0) is 6.42 Å². The molecule has 0 nitrogen and oxygen atoms in total. The van der Waals surface area contributed by atoms with Crippen molar-refractivity contribution in [2.24, 2.45) is 0 Å². The molecule has 0 radical (unpaired) electrons. The Bertz CT molecular complexity index is 299. The number of benzene rings is 1. The number of aryl methyl sites for hydroxylation is 1. The van der Waals surface area contributed by atoms with E-state index in [-0.39, 0.29) is 0 Å². The van der Waals surface area contributed by atoms with Crippen LogP contribution in [0, 0.1) is 0 Å². The van der Waals surface area contributed by atoms with Gasteiger partial charge in [0, 0.05) is 0 Å². The fourth-order valence-electron chi connectivity index (χ4n) is 2.26. The van der Waals surface area contributed by atoms with Crippen molar-refractivity contribution in [3.05, 3.63) is 48.0 Å². The maximum Gasteiger partial charge on any atom is -0.0153 e. The molecule has 0 heterocycles. The van der Waals surface area contributed by atoms with Gasteiger partial charge in [0.05, 0.1) is 0 Å². The van der Waals surface area contributed by atoms with E-state index in [2.05, 4.69) is 30.8 Å². The Balaban J connectivity index is 2.13. The summed E-state index contributed by atoms with van der Waals surface area (Å²) in [5.41, 5.74) is 3.15. The summed E-state index contributed by atoms with van der Waals surface area (Å²) in [6, 6.07) is 8.86. The molecule has 0 aliphatic heterocycles. The highest BCUT2D eigenvalue weighted by Crippen LogP contribution is 2.35. The van der Waals surface area contributed by atoms with Crippen LogP contribution in [0.2, 0.25) is 0 Å². The minimum atomic E-state index is 0.800. The minimum absolute atomic E-state index is 0.800. The highest BCUT2D eigenvalue weighted by molar-refractivity contribution is 5.34. The molecule has 13 heavy (non-hydrogen) atoms. The second-order valence-electron chi connectivity index (χ2n) is 3.80. The van der Waals surface area contributed by atoms with Gasteiger partial charge in [-0.25, -0.2) is 0 Å². The zero-order valence-electron chi connectivity index (χ0n) is 8.00. The average molecular weight is 172 g/mol. The molecule has 1 atom stereocenters. The third-order valence-electron chi connectivity index (χ3n) is 2.98. The molecule has 1 aromatic rings. The van der Waals surface area contributed by atoms with Gasteiger partial charge in [0.15, 0.2) is 0 Å². The van der Waals surface area contributed by atoms with E-state index in [0.29, 0.717) is 0 Å². The fourth-order valence-corrected chi connectivity index (χ4v) is 2.26. The van der Waals surface area contributed by atoms with Crippen LogP contribution in [0.15, 0.2) is 36.9 Å². The van der Waals surface area contributed by atoms with Crippen molar-refractivity contribution in [3.63, 3.8) is 0 Å². The Labute approximate surface area is 80.3 Å². The van der Waals surface area contributed by atoms with Crippen molar-refractivity contribution in [3.8, 4) is 0 Å². The first-order valence-corrected chi connectivity index (χ1v) is 5.10. The lowest BCUT2D eigenvalue weighted by Crippen LogP contribution is -1.91. The molecule has 0 spiro atoms. The molecule has 0 saturated carbocycles. The number of allylic oxidation sites excluding steroid dienone is 1. The van der Waals surface area contributed by atoms with Gasteiger partial charge in [-0.15, -0.1) is 6.58 Å². The van der Waals surface area contributed by atoms with E-state index in [4.69, 9.17) is 0 Å². The standard InChI is InChI=1S/C13H16/c1-2-3-6-11-9-10-12-7-4-5-8-13(11)12/h2,4-5,7-8,11H,1,3,6,9-10H2/t11-/m1/s1. The van der Waals surface area contributed by atoms with Gasteiger partial charge in [0.25, 0.3) is 0 Å². The summed E-state index contributed by atoms with van der Waals surface area (Å²) in [6.45, 7) is 3.78. The first-order chi connectivity index (χ1) is 6.42. The van der Waals surface area contributed by atoms with E-state index in [1.165, 1.54) is 19.3 Å². The van der Waals surface area contributed by atoms with Gasteiger partial charge in [-0.1, -0.05) is 30.3 Å². The Morgan fingerprint density at radius 2 is 2.23 bits per heavy atom. The zero-order chi connectivity index (χ0) is 9.10. The summed E-state index contributed by atoms with van der Waals surface area (Å²) >= 11 is 0. The van der Waals surface area contributed by atoms with Crippen molar-refractivity contribution in [2.75, 3.05) is 0 Å². The molecule has 0 bridgehead atoms. The number of fused-ring (bicyclic) bond motifs is 1. The van der Waals surface area contributed by atoms with Crippen LogP contribution in [0.3, 0.4) is 0 Å². The molecule has 68 valence electrons. The predicted molar refractivity (Wildman–Crippen MR) is 56.9 cm³/mol. The first-order valence-electron chi connectivity index (χ1n) is 5.10. The fraction of sp³-hybridized carbons (Fsp3) is 0.385. The average Bonchev–Trinajstić information content (AvgIpc) is 2.58. The molecule has 0 aromatic heterocycles. The third kappa shape index (κ3) is 1.67. The van der Waals surface area contributed by atoms with Gasteiger partial charge in [0.2, 0.25) is 0 Å². The summed E-state index contributed by atoms with van der Waals surface area (Å²) < 4.78 is 0. The number of rotatable bonds is 3. The van der Waals surface area contributed by atoms with E-state index in [1.807, 2.05) is 6.08 Å². The quantitative estimate of drug-likeness (QED) is 0.610. The molecule has 0 fully saturated rings. The molecule has 0 amide bonds. The van der Waals surface area contributed by atoms with Crippen molar-refractivity contribution in [1.82, 2.24) is 0 Å². The molecule has 0 saturated heterocycles. The normalized spacial score (nSPS) is 19.8. The Kier molecular flexibility index (Phi) is 2.49. The van der Waals surface area contributed by atoms with Crippen molar-refractivity contribution >= 4 is 0 Å². The van der Waals surface area contributed by atoms with E-state index in [9.17, 15) is 0 Å². The molecule has 0 unspecified atom stereocenters. The molecule has 1 aromatic carbocycles. The van der Waals surface area contributed by atoms with E-state index in [0.717, 1.165) is 12.3 Å². The van der Waals surface area contributed by atoms with Crippen molar-refractivity contribution in [2.45, 2.75) is 31.6 Å². The van der Waals surface area contributed by atoms with Gasteiger partial charge in [0.1, 0.15) is 0 Å². The predicted octanol–water partition coefficient (Wildman–Crippen LogP) is 3.68. The van der Waals surface area contributed by atoms with Gasteiger partial charge < -0.3 is 0 Å². The van der Waals surface area contributed by atoms with Gasteiger partial charge in [-0.3, -0.25) is 0 Å². The Morgan fingerprint density at radius 1 is 1.38 bits per heavy atom. The van der Waals surface area contributed by atoms with Crippen LogP contribution in [-0.4, -0.2) is 0 Å². The SMILES string of the molecule is C=CCC[C@@H]1CCc2ccccc21. The second kappa shape index (κ2) is 3.78.